The molecule has 0 unspecified atom stereocenters. The van der Waals surface area contributed by atoms with Crippen LogP contribution in [0.1, 0.15) is 5.56 Å². The first-order valence-corrected chi connectivity index (χ1v) is 3.79. The fraction of sp³-hybridized carbons (Fsp3) is 0.100. The van der Waals surface area contributed by atoms with Crippen LogP contribution in [-0.2, 0) is 0 Å². The summed E-state index contributed by atoms with van der Waals surface area (Å²) in [6, 6.07) is 6.10. The summed E-state index contributed by atoms with van der Waals surface area (Å²) in [5.74, 6) is -0.501. The van der Waals surface area contributed by atoms with Gasteiger partial charge in [0.1, 0.15) is 5.82 Å². The Morgan fingerprint density at radius 3 is 2.29 bits per heavy atom. The van der Waals surface area contributed by atoms with E-state index in [0.29, 0.717) is 0 Å². The smallest absolute Gasteiger partial charge is 0.207 e. The van der Waals surface area contributed by atoms with Crippen LogP contribution in [0.25, 0.3) is 5.57 Å². The Bertz CT molecular complexity index is 373. The highest BCUT2D eigenvalue weighted by molar-refractivity contribution is 5.69. The van der Waals surface area contributed by atoms with Gasteiger partial charge in [-0.05, 0) is 17.7 Å². The van der Waals surface area contributed by atoms with Gasteiger partial charge in [0.25, 0.3) is 6.43 Å². The second kappa shape index (κ2) is 4.47. The summed E-state index contributed by atoms with van der Waals surface area (Å²) in [6.07, 6.45) is -1.97. The molecule has 72 valence electrons. The van der Waals surface area contributed by atoms with Crippen molar-refractivity contribution in [1.29, 1.82) is 5.26 Å². The van der Waals surface area contributed by atoms with Gasteiger partial charge in [0.2, 0.25) is 0 Å². The second-order valence-corrected chi connectivity index (χ2v) is 2.54. The Labute approximate surface area is 79.1 Å². The van der Waals surface area contributed by atoms with E-state index in [4.69, 9.17) is 5.26 Å². The van der Waals surface area contributed by atoms with Crippen molar-refractivity contribution in [2.75, 3.05) is 0 Å². The lowest BCUT2D eigenvalue weighted by molar-refractivity contribution is 0.215. The van der Waals surface area contributed by atoms with Crippen molar-refractivity contribution >= 4 is 5.57 Å². The maximum atomic E-state index is 12.5. The van der Waals surface area contributed by atoms with E-state index >= 15 is 0 Å². The highest BCUT2D eigenvalue weighted by Gasteiger charge is 2.12. The molecule has 1 nitrogen and oxygen atoms in total. The molecule has 0 N–H and O–H groups in total. The van der Waals surface area contributed by atoms with E-state index in [1.54, 1.807) is 0 Å². The summed E-state index contributed by atoms with van der Waals surface area (Å²) < 4.78 is 37.2. The highest BCUT2D eigenvalue weighted by atomic mass is 19.3. The van der Waals surface area contributed by atoms with Crippen molar-refractivity contribution in [3.8, 4) is 6.07 Å². The van der Waals surface area contributed by atoms with Gasteiger partial charge in [0.05, 0.1) is 6.07 Å². The molecule has 1 aromatic rings. The third kappa shape index (κ3) is 2.36. The number of nitrogens with zero attached hydrogens (tertiary/aromatic N) is 1. The molecular formula is C10H6F3N. The Balaban J connectivity index is 3.08. The summed E-state index contributed by atoms with van der Waals surface area (Å²) in [6.45, 7) is 0. The van der Waals surface area contributed by atoms with Crippen LogP contribution in [0.15, 0.2) is 30.3 Å². The minimum Gasteiger partial charge on any atom is -0.207 e. The molecule has 0 saturated carbocycles. The molecule has 0 aliphatic heterocycles. The van der Waals surface area contributed by atoms with E-state index in [1.807, 2.05) is 0 Å². The molecule has 0 saturated heterocycles. The molecule has 1 aromatic carbocycles. The molecule has 14 heavy (non-hydrogen) atoms. The molecule has 0 aliphatic carbocycles. The highest BCUT2D eigenvalue weighted by Crippen LogP contribution is 2.21. The van der Waals surface area contributed by atoms with E-state index in [9.17, 15) is 13.2 Å². The Morgan fingerprint density at radius 1 is 1.29 bits per heavy atom. The van der Waals surface area contributed by atoms with Crippen LogP contribution in [0.4, 0.5) is 13.2 Å². The van der Waals surface area contributed by atoms with Gasteiger partial charge in [-0.25, -0.2) is 13.2 Å². The van der Waals surface area contributed by atoms with E-state index in [1.165, 1.54) is 18.2 Å². The summed E-state index contributed by atoms with van der Waals surface area (Å²) >= 11 is 0. The first-order chi connectivity index (χ1) is 6.65. The van der Waals surface area contributed by atoms with Gasteiger partial charge in [0.15, 0.2) is 0 Å². The normalized spacial score (nSPS) is 11.5. The third-order valence-electron chi connectivity index (χ3n) is 1.63. The first kappa shape index (κ1) is 10.3. The molecule has 4 heteroatoms. The summed E-state index contributed by atoms with van der Waals surface area (Å²) in [7, 11) is 0. The van der Waals surface area contributed by atoms with Crippen LogP contribution in [0.3, 0.4) is 0 Å². The van der Waals surface area contributed by atoms with E-state index in [2.05, 4.69) is 0 Å². The summed E-state index contributed by atoms with van der Waals surface area (Å²) in [5.41, 5.74) is -0.240. The lowest BCUT2D eigenvalue weighted by Gasteiger charge is -2.04. The molecule has 0 bridgehead atoms. The minimum absolute atomic E-state index is 0.156. The fourth-order valence-electron chi connectivity index (χ4n) is 0.984. The number of halogens is 3. The molecular weight excluding hydrogens is 192 g/mol. The molecule has 0 amide bonds. The lowest BCUT2D eigenvalue weighted by Crippen LogP contribution is -1.96. The molecule has 1 rings (SSSR count). The van der Waals surface area contributed by atoms with Gasteiger partial charge in [0, 0.05) is 11.6 Å². The Morgan fingerprint density at radius 2 is 1.86 bits per heavy atom. The Kier molecular flexibility index (Phi) is 3.29. The van der Waals surface area contributed by atoms with Crippen molar-refractivity contribution in [1.82, 2.24) is 0 Å². The molecule has 0 fully saturated rings. The van der Waals surface area contributed by atoms with Gasteiger partial charge in [-0.15, -0.1) is 0 Å². The van der Waals surface area contributed by atoms with Crippen LogP contribution in [0.5, 0.6) is 0 Å². The maximum absolute atomic E-state index is 12.5. The fourth-order valence-corrected chi connectivity index (χ4v) is 0.984. The number of hydrogen-bond donors (Lipinski definition) is 0. The predicted molar refractivity (Wildman–Crippen MR) is 46.0 cm³/mol. The number of nitriles is 1. The minimum atomic E-state index is -2.74. The Hall–Kier alpha value is -1.76. The average molecular weight is 198 g/mol. The van der Waals surface area contributed by atoms with Crippen LogP contribution in [0, 0.1) is 17.1 Å². The lowest BCUT2D eigenvalue weighted by atomic mass is 10.1. The quantitative estimate of drug-likeness (QED) is 0.529. The number of rotatable bonds is 2. The molecule has 0 heterocycles. The van der Waals surface area contributed by atoms with Crippen molar-refractivity contribution in [2.45, 2.75) is 6.43 Å². The zero-order valence-corrected chi connectivity index (χ0v) is 7.05. The average Bonchev–Trinajstić information content (AvgIpc) is 2.15. The number of hydrogen-bond acceptors (Lipinski definition) is 1. The molecule has 0 radical (unpaired) electrons. The van der Waals surface area contributed by atoms with E-state index < -0.39 is 17.8 Å². The molecule has 0 aromatic heterocycles. The van der Waals surface area contributed by atoms with Crippen molar-refractivity contribution in [3.63, 3.8) is 0 Å². The van der Waals surface area contributed by atoms with Gasteiger partial charge >= 0.3 is 0 Å². The SMILES string of the molecule is N#[13C]C=C(c1ccc(F)cc1)C(F)F. The second-order valence-electron chi connectivity index (χ2n) is 2.54. The molecule has 0 spiro atoms. The monoisotopic (exact) mass is 198 g/mol. The van der Waals surface area contributed by atoms with Crippen LogP contribution < -0.4 is 0 Å². The zero-order chi connectivity index (χ0) is 10.6. The van der Waals surface area contributed by atoms with E-state index in [-0.39, 0.29) is 5.56 Å². The predicted octanol–water partition coefficient (Wildman–Crippen LogP) is 3.00. The van der Waals surface area contributed by atoms with Crippen LogP contribution >= 0.6 is 0 Å². The number of benzene rings is 1. The standard InChI is InChI=1S/C10H6F3N/c11-8-3-1-7(2-4-8)9(5-6-14)10(12)13/h1-5,10H/i6+1. The first-order valence-electron chi connectivity index (χ1n) is 3.79. The number of allylic oxidation sites excluding steroid dienone is 2. The van der Waals surface area contributed by atoms with Gasteiger partial charge in [-0.1, -0.05) is 12.1 Å². The van der Waals surface area contributed by atoms with Gasteiger partial charge < -0.3 is 0 Å². The van der Waals surface area contributed by atoms with Crippen molar-refractivity contribution in [2.24, 2.45) is 0 Å². The van der Waals surface area contributed by atoms with Gasteiger partial charge in [-0.3, -0.25) is 0 Å². The van der Waals surface area contributed by atoms with E-state index in [0.717, 1.165) is 18.2 Å². The molecule has 0 aliphatic rings. The number of alkyl halides is 2. The summed E-state index contributed by atoms with van der Waals surface area (Å²) in [5, 5.41) is 8.27. The van der Waals surface area contributed by atoms with Crippen molar-refractivity contribution in [3.05, 3.63) is 41.7 Å². The van der Waals surface area contributed by atoms with Crippen molar-refractivity contribution < 1.29 is 13.2 Å². The third-order valence-corrected chi connectivity index (χ3v) is 1.63. The summed E-state index contributed by atoms with van der Waals surface area (Å²) in [4.78, 5) is 0. The van der Waals surface area contributed by atoms with Crippen LogP contribution in [-0.4, -0.2) is 6.43 Å². The maximum Gasteiger partial charge on any atom is 0.265 e. The van der Waals surface area contributed by atoms with Gasteiger partial charge in [-0.2, -0.15) is 5.26 Å². The largest absolute Gasteiger partial charge is 0.265 e. The zero-order valence-electron chi connectivity index (χ0n) is 7.05. The molecule has 0 atom stereocenters. The topological polar surface area (TPSA) is 23.8 Å². The van der Waals surface area contributed by atoms with Crippen LogP contribution in [0.2, 0.25) is 0 Å².